The molecule has 0 bridgehead atoms. The van der Waals surface area contributed by atoms with Crippen molar-refractivity contribution in [3.63, 3.8) is 0 Å². The predicted octanol–water partition coefficient (Wildman–Crippen LogP) is 14.3. The standard InChI is InChI=1S/C19H16N4O3S.C17H17N5O2S2.C17H13N5S.C16H13N7S/c1-11-9-21-18(27-11)15-5-6-20-19(23-15)22-13-3-4-14-12(10-25-2)7-17(24)26-16(14)8-13;1-11-10-19-16(25-11)14-5-7-18-17(21-14)20-13-3-4-15-12(9-13)6-8-22(15)26(2,23)24;1-11-10-20-16(23-11)14-7-9-19-17(22-14)21-13-6-2-4-12-5-3-8-18-15(12)13;1-11-8-19-15(24-11)14-6-7-18-16(22-14)21-12-2-4-13(5-3-12)23-10-17-9-20-23/h3-9H,10H2,1-2H3,(H,20,22,23);3-5,7,9-10H,6,8H2,1-2H3,(H,18,20,21);2-10H,1H3,(H,19,21,22);2-10H,1H3,(H,18,21,22). The Labute approximate surface area is 588 Å². The van der Waals surface area contributed by atoms with Gasteiger partial charge in [0.15, 0.2) is 0 Å². The smallest absolute Gasteiger partial charge is 0.336 e. The number of benzene rings is 4. The fraction of sp³-hybridized carbons (Fsp3) is 0.130. The molecular weight excluding hydrogens is 1360 g/mol. The number of nitrogens with one attached hydrogen (secondary N) is 4. The number of aromatic nitrogens is 16. The van der Waals surface area contributed by atoms with E-state index in [2.05, 4.69) is 96.1 Å². The lowest BCUT2D eigenvalue weighted by Crippen LogP contribution is -2.27. The molecule has 0 saturated heterocycles. The van der Waals surface area contributed by atoms with Gasteiger partial charge in [0.2, 0.25) is 33.8 Å². The van der Waals surface area contributed by atoms with Crippen LogP contribution in [0.25, 0.3) is 70.4 Å². The Morgan fingerprint density at radius 1 is 0.540 bits per heavy atom. The topological polar surface area (TPSA) is 323 Å². The van der Waals surface area contributed by atoms with Gasteiger partial charge in [0.05, 0.1) is 35.4 Å². The van der Waals surface area contributed by atoms with Gasteiger partial charge in [-0.1, -0.05) is 18.2 Å². The van der Waals surface area contributed by atoms with Gasteiger partial charge in [-0.25, -0.2) is 82.7 Å². The summed E-state index contributed by atoms with van der Waals surface area (Å²) >= 11 is 6.39. The molecule has 11 aromatic heterocycles. The van der Waals surface area contributed by atoms with E-state index in [0.29, 0.717) is 54.6 Å². The zero-order valence-corrected chi connectivity index (χ0v) is 58.3. The average molecular weight is 1420 g/mol. The van der Waals surface area contributed by atoms with Crippen LogP contribution in [-0.2, 0) is 27.8 Å². The van der Waals surface area contributed by atoms with E-state index in [0.717, 1.165) is 118 Å². The summed E-state index contributed by atoms with van der Waals surface area (Å²) in [7, 11) is -1.65. The van der Waals surface area contributed by atoms with Crippen molar-refractivity contribution in [1.29, 1.82) is 0 Å². The fourth-order valence-corrected chi connectivity index (χ4v) is 14.1. The second kappa shape index (κ2) is 30.4. The quantitative estimate of drug-likeness (QED) is 0.0653. The molecule has 0 fully saturated rings. The van der Waals surface area contributed by atoms with E-state index >= 15 is 0 Å². The summed E-state index contributed by atoms with van der Waals surface area (Å²) in [5.74, 6) is 1.99. The van der Waals surface area contributed by atoms with E-state index in [-0.39, 0.29) is 0 Å². The molecule has 500 valence electrons. The number of methoxy groups -OCH3 is 1. The Balaban J connectivity index is 0.000000120. The van der Waals surface area contributed by atoms with Gasteiger partial charge in [-0.15, -0.1) is 45.3 Å². The maximum absolute atomic E-state index is 11.8. The molecule has 16 rings (SSSR count). The third-order valence-corrected chi connectivity index (χ3v) is 19.6. The Kier molecular flexibility index (Phi) is 20.4. The molecule has 0 amide bonds. The number of hydrogen-bond acceptors (Lipinski definition) is 28. The number of fused-ring (bicyclic) bond motifs is 3. The Hall–Kier alpha value is -11.6. The second-order valence-corrected chi connectivity index (χ2v) is 28.9. The minimum atomic E-state index is -3.24. The number of nitrogens with zero attached hydrogens (tertiary/aromatic N) is 17. The van der Waals surface area contributed by atoms with Crippen LogP contribution in [0, 0.1) is 27.7 Å². The number of thiazole rings is 4. The lowest BCUT2D eigenvalue weighted by molar-refractivity contribution is 0.185. The number of anilines is 9. The molecule has 0 radical (unpaired) electrons. The van der Waals surface area contributed by atoms with Gasteiger partial charge >= 0.3 is 5.63 Å². The Morgan fingerprint density at radius 3 is 1.54 bits per heavy atom. The van der Waals surface area contributed by atoms with Gasteiger partial charge in [-0.3, -0.25) is 9.29 Å². The van der Waals surface area contributed by atoms with Crippen molar-refractivity contribution in [2.24, 2.45) is 0 Å². The second-order valence-electron chi connectivity index (χ2n) is 22.1. The number of sulfonamides is 1. The summed E-state index contributed by atoms with van der Waals surface area (Å²) in [6.07, 6.45) is 21.0. The molecule has 100 heavy (non-hydrogen) atoms. The fourth-order valence-electron chi connectivity index (χ4n) is 10.2. The monoisotopic (exact) mass is 1420 g/mol. The van der Waals surface area contributed by atoms with Crippen LogP contribution in [-0.4, -0.2) is 108 Å². The minimum Gasteiger partial charge on any atom is -0.423 e. The highest BCUT2D eigenvalue weighted by Crippen LogP contribution is 2.35. The zero-order valence-electron chi connectivity index (χ0n) is 54.2. The molecule has 0 atom stereocenters. The molecule has 1 aliphatic heterocycles. The lowest BCUT2D eigenvalue weighted by Gasteiger charge is -2.16. The van der Waals surface area contributed by atoms with Crippen molar-refractivity contribution in [1.82, 2.24) is 79.6 Å². The molecule has 0 spiro atoms. The number of aryl methyl sites for hydroxylation is 4. The van der Waals surface area contributed by atoms with Crippen LogP contribution in [0.4, 0.5) is 52.2 Å². The number of ether oxygens (including phenoxy) is 1. The van der Waals surface area contributed by atoms with Gasteiger partial charge in [-0.2, -0.15) is 5.10 Å². The van der Waals surface area contributed by atoms with E-state index in [1.807, 2.05) is 162 Å². The van der Waals surface area contributed by atoms with Gasteiger partial charge in [0.1, 0.15) is 61.0 Å². The zero-order chi connectivity index (χ0) is 69.1. The van der Waals surface area contributed by atoms with Gasteiger partial charge in [-0.05, 0) is 136 Å². The highest BCUT2D eigenvalue weighted by atomic mass is 32.2. The predicted molar refractivity (Wildman–Crippen MR) is 393 cm³/mol. The van der Waals surface area contributed by atoms with Crippen molar-refractivity contribution in [3.05, 3.63) is 231 Å². The summed E-state index contributed by atoms with van der Waals surface area (Å²) in [5, 5.41) is 22.3. The van der Waals surface area contributed by atoms with Crippen molar-refractivity contribution in [2.75, 3.05) is 45.5 Å². The molecule has 1 aliphatic rings. The highest BCUT2D eigenvalue weighted by molar-refractivity contribution is 7.92. The van der Waals surface area contributed by atoms with E-state index in [4.69, 9.17) is 9.15 Å². The molecule has 15 aromatic rings. The molecule has 0 saturated carbocycles. The van der Waals surface area contributed by atoms with Crippen LogP contribution in [0.3, 0.4) is 0 Å². The Bertz CT molecular complexity index is 5530. The first-order valence-electron chi connectivity index (χ1n) is 30.7. The van der Waals surface area contributed by atoms with Crippen LogP contribution >= 0.6 is 45.3 Å². The summed E-state index contributed by atoms with van der Waals surface area (Å²) < 4.78 is 37.3. The summed E-state index contributed by atoms with van der Waals surface area (Å²) in [6, 6.07) is 37.7. The number of pyridine rings is 1. The summed E-state index contributed by atoms with van der Waals surface area (Å²) in [4.78, 5) is 77.3. The molecule has 4 aromatic carbocycles. The SMILES string of the molecule is COCc1cc(=O)oc2cc(Nc3nccc(-c4ncc(C)s4)n3)ccc12.Cc1cnc(-c2ccnc(Nc3ccc(-n4cncn4)cc3)n2)s1.Cc1cnc(-c2ccnc(Nc3ccc4c(c3)CCN4S(C)(=O)=O)n2)s1.Cc1cnc(-c2ccnc(Nc3cccc4cccnc34)n2)s1. The van der Waals surface area contributed by atoms with Gasteiger partial charge in [0, 0.05) is 129 Å². The normalized spacial score (nSPS) is 11.6. The number of rotatable bonds is 16. The highest BCUT2D eigenvalue weighted by Gasteiger charge is 2.26. The Morgan fingerprint density at radius 2 is 1.04 bits per heavy atom. The van der Waals surface area contributed by atoms with Crippen molar-refractivity contribution >= 4 is 129 Å². The maximum atomic E-state index is 11.8. The minimum absolute atomic E-state index is 0.341. The average Bonchev–Trinajstić information content (AvgIpc) is 1.61. The van der Waals surface area contributed by atoms with E-state index in [1.54, 1.807) is 101 Å². The lowest BCUT2D eigenvalue weighted by atomic mass is 10.1. The number of hydrogen-bond donors (Lipinski definition) is 4. The molecule has 31 heteroatoms. The maximum Gasteiger partial charge on any atom is 0.336 e. The van der Waals surface area contributed by atoms with Gasteiger partial charge in [0.25, 0.3) is 0 Å². The van der Waals surface area contributed by atoms with Crippen LogP contribution in [0.5, 0.6) is 0 Å². The number of para-hydroxylation sites is 1. The first-order valence-corrected chi connectivity index (χ1v) is 35.8. The van der Waals surface area contributed by atoms with Crippen LogP contribution in [0.1, 0.15) is 30.6 Å². The summed E-state index contributed by atoms with van der Waals surface area (Å²) in [6.45, 7) is 8.88. The molecule has 4 N–H and O–H groups in total. The van der Waals surface area contributed by atoms with E-state index in [9.17, 15) is 13.2 Å². The first-order chi connectivity index (χ1) is 48.6. The van der Waals surface area contributed by atoms with E-state index in [1.165, 1.54) is 23.0 Å². The van der Waals surface area contributed by atoms with Crippen molar-refractivity contribution in [2.45, 2.75) is 40.7 Å². The van der Waals surface area contributed by atoms with Crippen molar-refractivity contribution in [3.8, 4) is 48.5 Å². The molecule has 12 heterocycles. The van der Waals surface area contributed by atoms with Crippen LogP contribution in [0.2, 0.25) is 0 Å². The largest absolute Gasteiger partial charge is 0.423 e. The molecule has 0 aliphatic carbocycles. The molecule has 26 nitrogen and oxygen atoms in total. The molecular formula is C69H59N21O5S5. The molecule has 0 unspecified atom stereocenters. The summed E-state index contributed by atoms with van der Waals surface area (Å²) in [5.41, 5.74) is 10.9. The van der Waals surface area contributed by atoms with Crippen molar-refractivity contribution < 1.29 is 17.6 Å². The third-order valence-electron chi connectivity index (χ3n) is 14.6. The third kappa shape index (κ3) is 16.7. The van der Waals surface area contributed by atoms with Crippen LogP contribution < -0.4 is 31.2 Å². The van der Waals surface area contributed by atoms with Gasteiger partial charge < -0.3 is 30.4 Å². The van der Waals surface area contributed by atoms with E-state index < -0.39 is 15.6 Å². The first kappa shape index (κ1) is 67.0. The van der Waals surface area contributed by atoms with Crippen LogP contribution in [0.15, 0.2) is 199 Å².